The molecular weight excluding hydrogens is 327 g/mol. The third-order valence-corrected chi connectivity index (χ3v) is 4.00. The van der Waals surface area contributed by atoms with E-state index in [0.29, 0.717) is 15.8 Å². The van der Waals surface area contributed by atoms with Gasteiger partial charge in [0.2, 0.25) is 0 Å². The highest BCUT2D eigenvalue weighted by molar-refractivity contribution is 9.10. The molecule has 0 saturated carbocycles. The van der Waals surface area contributed by atoms with Gasteiger partial charge in [-0.25, -0.2) is 4.39 Å². The molecule has 2 rings (SSSR count). The number of carbonyl (C=O) groups excluding carboxylic acids is 1. The minimum atomic E-state index is -0.326. The largest absolute Gasteiger partial charge is 0.298 e. The van der Waals surface area contributed by atoms with Crippen LogP contribution in [0.25, 0.3) is 0 Å². The summed E-state index contributed by atoms with van der Waals surface area (Å²) in [5.74, 6) is 0.164. The minimum absolute atomic E-state index is 0.0892. The highest BCUT2D eigenvalue weighted by Crippen LogP contribution is 2.19. The van der Waals surface area contributed by atoms with E-state index in [1.165, 1.54) is 23.9 Å². The van der Waals surface area contributed by atoms with Gasteiger partial charge in [0, 0.05) is 15.8 Å². The first kappa shape index (κ1) is 14.3. The zero-order valence-corrected chi connectivity index (χ0v) is 12.5. The fourth-order valence-electron chi connectivity index (χ4n) is 1.67. The monoisotopic (exact) mass is 338 g/mol. The van der Waals surface area contributed by atoms with Gasteiger partial charge in [-0.15, -0.1) is 11.8 Å². The van der Waals surface area contributed by atoms with Gasteiger partial charge < -0.3 is 0 Å². The van der Waals surface area contributed by atoms with Gasteiger partial charge in [-0.3, -0.25) is 4.79 Å². The van der Waals surface area contributed by atoms with Gasteiger partial charge in [0.15, 0.2) is 0 Å². The molecule has 4 heteroatoms. The van der Waals surface area contributed by atoms with Gasteiger partial charge in [0.1, 0.15) is 11.6 Å². The third-order valence-electron chi connectivity index (χ3n) is 2.47. The number of carbonyl (C=O) groups is 1. The molecule has 2 aromatic carbocycles. The summed E-state index contributed by atoms with van der Waals surface area (Å²) in [4.78, 5) is 12.9. The topological polar surface area (TPSA) is 17.1 Å². The molecule has 0 fully saturated rings. The van der Waals surface area contributed by atoms with Crippen LogP contribution in [0.2, 0.25) is 0 Å². The summed E-state index contributed by atoms with van der Waals surface area (Å²) < 4.78 is 13.8. The molecule has 0 aliphatic rings. The molecule has 98 valence electrons. The number of hydrogen-bond donors (Lipinski definition) is 0. The molecule has 0 unspecified atom stereocenters. The van der Waals surface area contributed by atoms with E-state index in [-0.39, 0.29) is 18.0 Å². The Balaban J connectivity index is 1.91. The smallest absolute Gasteiger partial charge is 0.147 e. The van der Waals surface area contributed by atoms with Crippen molar-refractivity contribution >= 4 is 33.5 Å². The Bertz CT molecular complexity index is 551. The summed E-state index contributed by atoms with van der Waals surface area (Å²) in [6.07, 6.45) is 0.260. The van der Waals surface area contributed by atoms with E-state index < -0.39 is 0 Å². The van der Waals surface area contributed by atoms with Crippen molar-refractivity contribution in [2.75, 3.05) is 5.75 Å². The lowest BCUT2D eigenvalue weighted by Crippen LogP contribution is -2.05. The highest BCUT2D eigenvalue weighted by Gasteiger charge is 2.07. The second kappa shape index (κ2) is 6.87. The van der Waals surface area contributed by atoms with Gasteiger partial charge in [-0.1, -0.05) is 34.1 Å². The molecule has 0 amide bonds. The maximum Gasteiger partial charge on any atom is 0.147 e. The summed E-state index contributed by atoms with van der Waals surface area (Å²) in [5, 5.41) is 0. The van der Waals surface area contributed by atoms with Gasteiger partial charge in [-0.2, -0.15) is 0 Å². The first-order valence-electron chi connectivity index (χ1n) is 5.78. The highest BCUT2D eigenvalue weighted by atomic mass is 79.9. The van der Waals surface area contributed by atoms with Crippen LogP contribution in [0.3, 0.4) is 0 Å². The average Bonchev–Trinajstić information content (AvgIpc) is 2.36. The summed E-state index contributed by atoms with van der Waals surface area (Å²) in [7, 11) is 0. The number of halogens is 2. The van der Waals surface area contributed by atoms with Crippen molar-refractivity contribution in [3.63, 3.8) is 0 Å². The summed E-state index contributed by atoms with van der Waals surface area (Å²) in [6, 6.07) is 14.3. The second-order valence-corrected chi connectivity index (χ2v) is 6.06. The van der Waals surface area contributed by atoms with Crippen LogP contribution in [0.5, 0.6) is 0 Å². The Morgan fingerprint density at radius 2 is 1.89 bits per heavy atom. The molecule has 0 atom stereocenters. The van der Waals surface area contributed by atoms with E-state index in [4.69, 9.17) is 0 Å². The molecule has 0 radical (unpaired) electrons. The number of thioether (sulfide) groups is 1. The number of Topliss-reactive ketones (excluding diaryl/α,β-unsaturated/α-hetero) is 1. The Morgan fingerprint density at radius 1 is 1.16 bits per heavy atom. The molecular formula is C15H12BrFOS. The molecule has 0 spiro atoms. The maximum absolute atomic E-state index is 13.2. The molecule has 0 bridgehead atoms. The molecule has 0 aromatic heterocycles. The van der Waals surface area contributed by atoms with E-state index in [2.05, 4.69) is 15.9 Å². The van der Waals surface area contributed by atoms with E-state index >= 15 is 0 Å². The summed E-state index contributed by atoms with van der Waals surface area (Å²) in [6.45, 7) is 0. The Labute approximate surface area is 124 Å². The lowest BCUT2D eigenvalue weighted by molar-refractivity contribution is -0.116. The molecule has 0 N–H and O–H groups in total. The summed E-state index contributed by atoms with van der Waals surface area (Å²) in [5.41, 5.74) is 0.700. The maximum atomic E-state index is 13.2. The lowest BCUT2D eigenvalue weighted by Gasteiger charge is -2.03. The standard InChI is InChI=1S/C15H12BrFOS/c16-12-6-11(7-13(17)9-12)8-14(18)10-19-15-4-2-1-3-5-15/h1-7,9H,8,10H2. The number of rotatable bonds is 5. The minimum Gasteiger partial charge on any atom is -0.298 e. The van der Waals surface area contributed by atoms with Crippen LogP contribution < -0.4 is 0 Å². The van der Waals surface area contributed by atoms with Crippen LogP contribution in [0.15, 0.2) is 57.9 Å². The van der Waals surface area contributed by atoms with Crippen molar-refractivity contribution in [3.8, 4) is 0 Å². The first-order chi connectivity index (χ1) is 9.13. The van der Waals surface area contributed by atoms with Crippen molar-refractivity contribution in [1.82, 2.24) is 0 Å². The fraction of sp³-hybridized carbons (Fsp3) is 0.133. The van der Waals surface area contributed by atoms with Crippen LogP contribution in [0, 0.1) is 5.82 Å². The van der Waals surface area contributed by atoms with Crippen molar-refractivity contribution < 1.29 is 9.18 Å². The number of benzene rings is 2. The van der Waals surface area contributed by atoms with E-state index in [1.54, 1.807) is 6.07 Å². The molecule has 2 aromatic rings. The normalized spacial score (nSPS) is 10.4. The molecule has 0 heterocycles. The van der Waals surface area contributed by atoms with Crippen LogP contribution >= 0.6 is 27.7 Å². The van der Waals surface area contributed by atoms with Gasteiger partial charge >= 0.3 is 0 Å². The number of ketones is 1. The lowest BCUT2D eigenvalue weighted by atomic mass is 10.1. The first-order valence-corrected chi connectivity index (χ1v) is 7.56. The van der Waals surface area contributed by atoms with Gasteiger partial charge in [0.05, 0.1) is 5.75 Å². The SMILES string of the molecule is O=C(CSc1ccccc1)Cc1cc(F)cc(Br)c1. The van der Waals surface area contributed by atoms with Crippen molar-refractivity contribution in [1.29, 1.82) is 0 Å². The van der Waals surface area contributed by atoms with Crippen molar-refractivity contribution in [2.24, 2.45) is 0 Å². The van der Waals surface area contributed by atoms with Gasteiger partial charge in [-0.05, 0) is 35.9 Å². The summed E-state index contributed by atoms with van der Waals surface area (Å²) >= 11 is 4.72. The second-order valence-electron chi connectivity index (χ2n) is 4.09. The molecule has 19 heavy (non-hydrogen) atoms. The van der Waals surface area contributed by atoms with Gasteiger partial charge in [0.25, 0.3) is 0 Å². The molecule has 1 nitrogen and oxygen atoms in total. The predicted molar refractivity (Wildman–Crippen MR) is 80.0 cm³/mol. The number of hydrogen-bond acceptors (Lipinski definition) is 2. The van der Waals surface area contributed by atoms with Crippen LogP contribution in [0.1, 0.15) is 5.56 Å². The van der Waals surface area contributed by atoms with Crippen LogP contribution in [-0.2, 0) is 11.2 Å². The molecule has 0 aliphatic carbocycles. The van der Waals surface area contributed by atoms with E-state index in [1.807, 2.05) is 30.3 Å². The molecule has 0 aliphatic heterocycles. The average molecular weight is 339 g/mol. The third kappa shape index (κ3) is 4.80. The van der Waals surface area contributed by atoms with Crippen LogP contribution in [0.4, 0.5) is 4.39 Å². The fourth-order valence-corrected chi connectivity index (χ4v) is 2.96. The van der Waals surface area contributed by atoms with Crippen LogP contribution in [-0.4, -0.2) is 11.5 Å². The predicted octanol–water partition coefficient (Wildman–Crippen LogP) is 4.49. The Kier molecular flexibility index (Phi) is 5.16. The van der Waals surface area contributed by atoms with Crippen molar-refractivity contribution in [3.05, 3.63) is 64.4 Å². The van der Waals surface area contributed by atoms with E-state index in [9.17, 15) is 9.18 Å². The Morgan fingerprint density at radius 3 is 2.58 bits per heavy atom. The van der Waals surface area contributed by atoms with E-state index in [0.717, 1.165) is 4.90 Å². The zero-order valence-electron chi connectivity index (χ0n) is 10.1. The van der Waals surface area contributed by atoms with Crippen molar-refractivity contribution in [2.45, 2.75) is 11.3 Å². The quantitative estimate of drug-likeness (QED) is 0.747. The zero-order chi connectivity index (χ0) is 13.7. The molecule has 0 saturated heterocycles. The Hall–Kier alpha value is -1.13.